The Bertz CT molecular complexity index is 315. The molecule has 0 heterocycles. The van der Waals surface area contributed by atoms with Crippen LogP contribution < -0.4 is 10.5 Å². The lowest BCUT2D eigenvalue weighted by Crippen LogP contribution is -2.23. The van der Waals surface area contributed by atoms with Crippen LogP contribution >= 0.6 is 0 Å². The highest BCUT2D eigenvalue weighted by Gasteiger charge is 2.17. The minimum atomic E-state index is -0.745. The molecule has 0 amide bonds. The average Bonchev–Trinajstić information content (AvgIpc) is 2.16. The van der Waals surface area contributed by atoms with Gasteiger partial charge in [0.15, 0.2) is 0 Å². The van der Waals surface area contributed by atoms with Gasteiger partial charge in [-0.15, -0.1) is 0 Å². The number of nitrogens with two attached hydrogens (primary N) is 1. The predicted molar refractivity (Wildman–Crippen MR) is 51.6 cm³/mol. The van der Waals surface area contributed by atoms with E-state index in [-0.39, 0.29) is 0 Å². The molecule has 2 atom stereocenters. The first-order valence-corrected chi connectivity index (χ1v) is 4.33. The molecule has 78 valence electrons. The number of ether oxygens (including phenoxy) is 1. The lowest BCUT2D eigenvalue weighted by molar-refractivity contribution is 0.162. The molecule has 0 aliphatic carbocycles. The second kappa shape index (κ2) is 4.39. The molecular weight excluding hydrogens is 185 g/mol. The van der Waals surface area contributed by atoms with Crippen molar-refractivity contribution in [3.63, 3.8) is 0 Å². The first kappa shape index (κ1) is 10.9. The molecule has 0 unspecified atom stereocenters. The zero-order valence-corrected chi connectivity index (χ0v) is 8.20. The summed E-state index contributed by atoms with van der Waals surface area (Å²) in [4.78, 5) is 0. The Morgan fingerprint density at radius 1 is 1.50 bits per heavy atom. The Morgan fingerprint density at radius 2 is 2.14 bits per heavy atom. The number of methoxy groups -OCH3 is 1. The van der Waals surface area contributed by atoms with Crippen molar-refractivity contribution in [2.24, 2.45) is 5.73 Å². The molecule has 0 fully saturated rings. The normalized spacial score (nSPS) is 14.9. The lowest BCUT2D eigenvalue weighted by Gasteiger charge is -2.17. The fourth-order valence-corrected chi connectivity index (χ4v) is 1.23. The van der Waals surface area contributed by atoms with Gasteiger partial charge in [-0.25, -0.2) is 4.39 Å². The Balaban J connectivity index is 3.10. The number of hydrogen-bond acceptors (Lipinski definition) is 3. The van der Waals surface area contributed by atoms with Crippen LogP contribution in [-0.4, -0.2) is 18.3 Å². The third kappa shape index (κ3) is 2.21. The Kier molecular flexibility index (Phi) is 3.43. The standard InChI is InChI=1S/C10H14FNO2/c1-6(13)10(12)8-5-7(11)3-4-9(8)14-2/h3-6,10,13H,12H2,1-2H3/t6-,10+/m1/s1. The van der Waals surface area contributed by atoms with E-state index in [9.17, 15) is 9.50 Å². The molecule has 3 nitrogen and oxygen atoms in total. The van der Waals surface area contributed by atoms with E-state index >= 15 is 0 Å². The van der Waals surface area contributed by atoms with Gasteiger partial charge in [-0.05, 0) is 25.1 Å². The van der Waals surface area contributed by atoms with Crippen LogP contribution in [0.1, 0.15) is 18.5 Å². The topological polar surface area (TPSA) is 55.5 Å². The van der Waals surface area contributed by atoms with Crippen LogP contribution in [0.5, 0.6) is 5.75 Å². The molecule has 0 aliphatic heterocycles. The van der Waals surface area contributed by atoms with Gasteiger partial charge in [0.1, 0.15) is 11.6 Å². The molecule has 0 saturated carbocycles. The first-order chi connectivity index (χ1) is 6.56. The van der Waals surface area contributed by atoms with Gasteiger partial charge in [0.25, 0.3) is 0 Å². The quantitative estimate of drug-likeness (QED) is 0.769. The van der Waals surface area contributed by atoms with E-state index in [1.165, 1.54) is 25.3 Å². The summed E-state index contributed by atoms with van der Waals surface area (Å²) in [5, 5.41) is 9.28. The van der Waals surface area contributed by atoms with E-state index in [2.05, 4.69) is 0 Å². The summed E-state index contributed by atoms with van der Waals surface area (Å²) in [6.07, 6.45) is -0.745. The van der Waals surface area contributed by atoms with Crippen LogP contribution in [0.15, 0.2) is 18.2 Å². The molecule has 0 bridgehead atoms. The molecule has 14 heavy (non-hydrogen) atoms. The van der Waals surface area contributed by atoms with Gasteiger partial charge < -0.3 is 15.6 Å². The molecular formula is C10H14FNO2. The SMILES string of the molecule is COc1ccc(F)cc1[C@@H](N)[C@@H](C)O. The largest absolute Gasteiger partial charge is 0.496 e. The zero-order valence-electron chi connectivity index (χ0n) is 8.20. The molecule has 1 aromatic carbocycles. The van der Waals surface area contributed by atoms with E-state index < -0.39 is 18.0 Å². The maximum atomic E-state index is 12.9. The van der Waals surface area contributed by atoms with Crippen LogP contribution in [0.25, 0.3) is 0 Å². The molecule has 1 aromatic rings. The van der Waals surface area contributed by atoms with Crippen molar-refractivity contribution in [1.82, 2.24) is 0 Å². The van der Waals surface area contributed by atoms with E-state index in [0.29, 0.717) is 11.3 Å². The van der Waals surface area contributed by atoms with Crippen molar-refractivity contribution in [1.29, 1.82) is 0 Å². The highest BCUT2D eigenvalue weighted by atomic mass is 19.1. The number of aliphatic hydroxyl groups excluding tert-OH is 1. The summed E-state index contributed by atoms with van der Waals surface area (Å²) >= 11 is 0. The molecule has 1 rings (SSSR count). The minimum Gasteiger partial charge on any atom is -0.496 e. The summed E-state index contributed by atoms with van der Waals surface area (Å²) in [6, 6.07) is 3.42. The van der Waals surface area contributed by atoms with Gasteiger partial charge in [-0.1, -0.05) is 0 Å². The van der Waals surface area contributed by atoms with Gasteiger partial charge in [0.05, 0.1) is 19.3 Å². The van der Waals surface area contributed by atoms with Gasteiger partial charge in [-0.2, -0.15) is 0 Å². The monoisotopic (exact) mass is 199 g/mol. The number of rotatable bonds is 3. The summed E-state index contributed by atoms with van der Waals surface area (Å²) in [6.45, 7) is 1.55. The predicted octanol–water partition coefficient (Wildman–Crippen LogP) is 1.21. The van der Waals surface area contributed by atoms with Crippen LogP contribution in [0.2, 0.25) is 0 Å². The minimum absolute atomic E-state index is 0.392. The van der Waals surface area contributed by atoms with Crippen molar-refractivity contribution >= 4 is 0 Å². The molecule has 0 saturated heterocycles. The Morgan fingerprint density at radius 3 is 2.64 bits per heavy atom. The summed E-state index contributed by atoms with van der Waals surface area (Å²) in [5.74, 6) is 0.0942. The highest BCUT2D eigenvalue weighted by molar-refractivity contribution is 5.36. The molecule has 0 spiro atoms. The molecule has 4 heteroatoms. The fourth-order valence-electron chi connectivity index (χ4n) is 1.23. The lowest BCUT2D eigenvalue weighted by atomic mass is 10.0. The average molecular weight is 199 g/mol. The zero-order chi connectivity index (χ0) is 10.7. The smallest absolute Gasteiger partial charge is 0.123 e. The Labute approximate surface area is 82.3 Å². The van der Waals surface area contributed by atoms with Crippen molar-refractivity contribution in [2.75, 3.05) is 7.11 Å². The number of aliphatic hydroxyl groups is 1. The second-order valence-corrected chi connectivity index (χ2v) is 3.15. The molecule has 0 aliphatic rings. The summed E-state index contributed by atoms with van der Waals surface area (Å²) < 4.78 is 17.9. The van der Waals surface area contributed by atoms with E-state index in [1.54, 1.807) is 6.92 Å². The molecule has 0 radical (unpaired) electrons. The third-order valence-electron chi connectivity index (χ3n) is 2.07. The van der Waals surface area contributed by atoms with E-state index in [4.69, 9.17) is 10.5 Å². The van der Waals surface area contributed by atoms with E-state index in [0.717, 1.165) is 0 Å². The van der Waals surface area contributed by atoms with Crippen LogP contribution in [-0.2, 0) is 0 Å². The van der Waals surface area contributed by atoms with Crippen molar-refractivity contribution in [2.45, 2.75) is 19.1 Å². The van der Waals surface area contributed by atoms with Crippen molar-refractivity contribution in [3.05, 3.63) is 29.6 Å². The number of hydrogen-bond donors (Lipinski definition) is 2. The van der Waals surface area contributed by atoms with Gasteiger partial charge >= 0.3 is 0 Å². The van der Waals surface area contributed by atoms with E-state index in [1.807, 2.05) is 0 Å². The van der Waals surface area contributed by atoms with Gasteiger partial charge in [0, 0.05) is 5.56 Å². The second-order valence-electron chi connectivity index (χ2n) is 3.15. The fraction of sp³-hybridized carbons (Fsp3) is 0.400. The number of benzene rings is 1. The van der Waals surface area contributed by atoms with Crippen LogP contribution in [0.4, 0.5) is 4.39 Å². The van der Waals surface area contributed by atoms with Gasteiger partial charge in [-0.3, -0.25) is 0 Å². The molecule has 3 N–H and O–H groups in total. The third-order valence-corrected chi connectivity index (χ3v) is 2.07. The molecule has 0 aromatic heterocycles. The maximum absolute atomic E-state index is 12.9. The number of halogens is 1. The summed E-state index contributed by atoms with van der Waals surface area (Å²) in [5.41, 5.74) is 6.16. The van der Waals surface area contributed by atoms with Gasteiger partial charge in [0.2, 0.25) is 0 Å². The maximum Gasteiger partial charge on any atom is 0.123 e. The highest BCUT2D eigenvalue weighted by Crippen LogP contribution is 2.26. The summed E-state index contributed by atoms with van der Waals surface area (Å²) in [7, 11) is 1.48. The first-order valence-electron chi connectivity index (χ1n) is 4.33. The van der Waals surface area contributed by atoms with Crippen molar-refractivity contribution in [3.8, 4) is 5.75 Å². The Hall–Kier alpha value is -1.13. The van der Waals surface area contributed by atoms with Crippen molar-refractivity contribution < 1.29 is 14.2 Å². The van der Waals surface area contributed by atoms with Crippen LogP contribution in [0.3, 0.4) is 0 Å². The van der Waals surface area contributed by atoms with Crippen LogP contribution in [0, 0.1) is 5.82 Å².